The van der Waals surface area contributed by atoms with Gasteiger partial charge in [-0.2, -0.15) is 13.2 Å². The molecule has 2 rings (SSSR count). The summed E-state index contributed by atoms with van der Waals surface area (Å²) in [6.45, 7) is 1.17. The number of benzene rings is 1. The number of likely N-dealkylation sites (tertiary alicyclic amines) is 1. The van der Waals surface area contributed by atoms with Crippen molar-refractivity contribution in [3.8, 4) is 0 Å². The third-order valence-corrected chi connectivity index (χ3v) is 3.98. The molecular formula is C15H18ClF3N2O3. The summed E-state index contributed by atoms with van der Waals surface area (Å²) in [5.74, 6) is -3.65. The Balaban J connectivity index is 0.00000288. The molecule has 5 nitrogen and oxygen atoms in total. The lowest BCUT2D eigenvalue weighted by Crippen LogP contribution is -2.62. The topological polar surface area (TPSA) is 69.6 Å². The van der Waals surface area contributed by atoms with Gasteiger partial charge in [0.05, 0.1) is 0 Å². The lowest BCUT2D eigenvalue weighted by molar-refractivity contribution is -0.178. The fourth-order valence-electron chi connectivity index (χ4n) is 2.62. The van der Waals surface area contributed by atoms with Crippen molar-refractivity contribution in [3.63, 3.8) is 0 Å². The number of hydrogen-bond donors (Lipinski definition) is 2. The van der Waals surface area contributed by atoms with Crippen LogP contribution in [0.5, 0.6) is 0 Å². The van der Waals surface area contributed by atoms with E-state index in [9.17, 15) is 27.9 Å². The summed E-state index contributed by atoms with van der Waals surface area (Å²) in [6, 6.07) is 9.48. The Kier molecular flexibility index (Phi) is 6.62. The van der Waals surface area contributed by atoms with Crippen LogP contribution in [0.15, 0.2) is 30.3 Å². The molecule has 0 spiro atoms. The summed E-state index contributed by atoms with van der Waals surface area (Å²) in [5.41, 5.74) is -0.825. The molecule has 1 aromatic rings. The number of carboxylic acids is 1. The summed E-state index contributed by atoms with van der Waals surface area (Å²) >= 11 is 0. The van der Waals surface area contributed by atoms with Gasteiger partial charge >= 0.3 is 18.1 Å². The highest BCUT2D eigenvalue weighted by atomic mass is 35.5. The number of carboxylic acid groups (broad SMARTS) is 1. The van der Waals surface area contributed by atoms with Gasteiger partial charge in [-0.05, 0) is 18.4 Å². The highest BCUT2D eigenvalue weighted by Gasteiger charge is 2.48. The summed E-state index contributed by atoms with van der Waals surface area (Å²) in [6.07, 6.45) is -5.24. The molecule has 0 unspecified atom stereocenters. The summed E-state index contributed by atoms with van der Waals surface area (Å²) < 4.78 is 37.2. The number of alkyl halides is 3. The highest BCUT2D eigenvalue weighted by Crippen LogP contribution is 2.26. The van der Waals surface area contributed by atoms with Gasteiger partial charge in [0.2, 0.25) is 0 Å². The zero-order chi connectivity index (χ0) is 17.1. The van der Waals surface area contributed by atoms with Crippen LogP contribution in [0.4, 0.5) is 13.2 Å². The lowest BCUT2D eigenvalue weighted by Gasteiger charge is -2.39. The smallest absolute Gasteiger partial charge is 0.471 e. The fraction of sp³-hybridized carbons (Fsp3) is 0.467. The monoisotopic (exact) mass is 366 g/mol. The predicted octanol–water partition coefficient (Wildman–Crippen LogP) is 2.21. The van der Waals surface area contributed by atoms with Crippen LogP contribution in [-0.2, 0) is 16.1 Å². The number of carbonyl (C=O) groups excluding carboxylic acids is 1. The van der Waals surface area contributed by atoms with Gasteiger partial charge in [-0.3, -0.25) is 9.69 Å². The zero-order valence-electron chi connectivity index (χ0n) is 12.7. The summed E-state index contributed by atoms with van der Waals surface area (Å²) in [7, 11) is 0. The molecule has 9 heteroatoms. The minimum Gasteiger partial charge on any atom is -0.480 e. The maximum atomic E-state index is 12.4. The van der Waals surface area contributed by atoms with Crippen molar-refractivity contribution in [1.29, 1.82) is 0 Å². The maximum absolute atomic E-state index is 12.4. The molecule has 1 amide bonds. The van der Waals surface area contributed by atoms with Crippen molar-refractivity contribution in [3.05, 3.63) is 35.9 Å². The molecule has 0 aliphatic carbocycles. The molecule has 134 valence electrons. The number of hydrogen-bond acceptors (Lipinski definition) is 3. The van der Waals surface area contributed by atoms with Crippen LogP contribution in [-0.4, -0.2) is 46.7 Å². The van der Waals surface area contributed by atoms with Gasteiger partial charge in [0.15, 0.2) is 0 Å². The fourth-order valence-corrected chi connectivity index (χ4v) is 2.62. The molecule has 1 heterocycles. The van der Waals surface area contributed by atoms with Gasteiger partial charge in [-0.1, -0.05) is 30.3 Å². The van der Waals surface area contributed by atoms with Crippen LogP contribution in [0.25, 0.3) is 0 Å². The Morgan fingerprint density at radius 2 is 1.71 bits per heavy atom. The zero-order valence-corrected chi connectivity index (χ0v) is 13.5. The van der Waals surface area contributed by atoms with Crippen molar-refractivity contribution in [2.75, 3.05) is 13.1 Å². The lowest BCUT2D eigenvalue weighted by atomic mass is 9.87. The van der Waals surface area contributed by atoms with Crippen LogP contribution in [0.1, 0.15) is 18.4 Å². The maximum Gasteiger partial charge on any atom is 0.471 e. The van der Waals surface area contributed by atoms with Crippen LogP contribution in [0.2, 0.25) is 0 Å². The third kappa shape index (κ3) is 4.85. The average molecular weight is 367 g/mol. The van der Waals surface area contributed by atoms with Gasteiger partial charge in [0.1, 0.15) is 5.54 Å². The molecule has 0 radical (unpaired) electrons. The van der Waals surface area contributed by atoms with E-state index in [1.54, 1.807) is 5.32 Å². The molecule has 0 saturated carbocycles. The summed E-state index contributed by atoms with van der Waals surface area (Å²) in [5, 5.41) is 10.9. The largest absolute Gasteiger partial charge is 0.480 e. The molecule has 1 aliphatic heterocycles. The van der Waals surface area contributed by atoms with Gasteiger partial charge in [0.25, 0.3) is 0 Å². The first-order chi connectivity index (χ1) is 10.7. The van der Waals surface area contributed by atoms with Gasteiger partial charge in [0, 0.05) is 19.6 Å². The first-order valence-electron chi connectivity index (χ1n) is 7.12. The molecule has 0 atom stereocenters. The van der Waals surface area contributed by atoms with Gasteiger partial charge < -0.3 is 10.4 Å². The number of nitrogens with one attached hydrogen (secondary N) is 1. The minimum absolute atomic E-state index is 0. The van der Waals surface area contributed by atoms with Crippen molar-refractivity contribution < 1.29 is 27.9 Å². The van der Waals surface area contributed by atoms with Crippen LogP contribution in [0.3, 0.4) is 0 Å². The van der Waals surface area contributed by atoms with E-state index in [1.165, 1.54) is 0 Å². The van der Waals surface area contributed by atoms with Crippen molar-refractivity contribution in [2.24, 2.45) is 0 Å². The van der Waals surface area contributed by atoms with E-state index >= 15 is 0 Å². The number of aliphatic carboxylic acids is 1. The van der Waals surface area contributed by atoms with Crippen molar-refractivity contribution in [2.45, 2.75) is 31.1 Å². The molecular weight excluding hydrogens is 349 g/mol. The predicted molar refractivity (Wildman–Crippen MR) is 82.8 cm³/mol. The Labute approximate surface area is 143 Å². The summed E-state index contributed by atoms with van der Waals surface area (Å²) in [4.78, 5) is 24.5. The van der Waals surface area contributed by atoms with E-state index in [0.29, 0.717) is 19.6 Å². The number of halogens is 4. The van der Waals surface area contributed by atoms with Crippen molar-refractivity contribution >= 4 is 24.3 Å². The van der Waals surface area contributed by atoms with E-state index in [0.717, 1.165) is 5.56 Å². The average Bonchev–Trinajstić information content (AvgIpc) is 2.49. The SMILES string of the molecule is Cl.O=C(NC1(C(=O)O)CCN(Cc2ccccc2)CC1)C(F)(F)F. The van der Waals surface area contributed by atoms with E-state index < -0.39 is 23.6 Å². The normalized spacial score (nSPS) is 17.6. The van der Waals surface area contributed by atoms with Gasteiger partial charge in [-0.15, -0.1) is 12.4 Å². The molecule has 1 aromatic carbocycles. The molecule has 1 saturated heterocycles. The number of carbonyl (C=O) groups is 2. The van der Waals surface area contributed by atoms with E-state index in [-0.39, 0.29) is 25.2 Å². The Morgan fingerprint density at radius 3 is 2.17 bits per heavy atom. The Hall–Kier alpha value is -1.80. The van der Waals surface area contributed by atoms with Gasteiger partial charge in [-0.25, -0.2) is 4.79 Å². The van der Waals surface area contributed by atoms with Crippen LogP contribution >= 0.6 is 12.4 Å². The number of nitrogens with zero attached hydrogens (tertiary/aromatic N) is 1. The molecule has 2 N–H and O–H groups in total. The first kappa shape index (κ1) is 20.2. The number of piperidine rings is 1. The van der Waals surface area contributed by atoms with Crippen LogP contribution in [0, 0.1) is 0 Å². The quantitative estimate of drug-likeness (QED) is 0.857. The highest BCUT2D eigenvalue weighted by molar-refractivity contribution is 5.89. The molecule has 0 bridgehead atoms. The van der Waals surface area contributed by atoms with Crippen molar-refractivity contribution in [1.82, 2.24) is 10.2 Å². The third-order valence-electron chi connectivity index (χ3n) is 3.98. The number of rotatable bonds is 4. The molecule has 0 aromatic heterocycles. The van der Waals surface area contributed by atoms with E-state index in [1.807, 2.05) is 35.2 Å². The second-order valence-corrected chi connectivity index (χ2v) is 5.60. The molecule has 24 heavy (non-hydrogen) atoms. The second-order valence-electron chi connectivity index (χ2n) is 5.60. The minimum atomic E-state index is -5.09. The van der Waals surface area contributed by atoms with Crippen LogP contribution < -0.4 is 5.32 Å². The Bertz CT molecular complexity index is 573. The molecule has 1 fully saturated rings. The standard InChI is InChI=1S/C15H17F3N2O3.ClH/c16-15(17,18)12(21)19-14(13(22)23)6-8-20(9-7-14)10-11-4-2-1-3-5-11;/h1-5H,6-10H2,(H,19,21)(H,22,23);1H. The van der Waals surface area contributed by atoms with E-state index in [4.69, 9.17) is 0 Å². The number of amides is 1. The molecule has 1 aliphatic rings. The second kappa shape index (κ2) is 7.85. The van der Waals surface area contributed by atoms with E-state index in [2.05, 4.69) is 0 Å². The first-order valence-corrected chi connectivity index (χ1v) is 7.12. The Morgan fingerprint density at radius 1 is 1.17 bits per heavy atom.